The lowest BCUT2D eigenvalue weighted by atomic mass is 10.2. The van der Waals surface area contributed by atoms with E-state index in [0.29, 0.717) is 6.61 Å². The minimum Gasteiger partial charge on any atom is -0.447 e. The third-order valence-electron chi connectivity index (χ3n) is 1.94. The number of pyridine rings is 1. The molecule has 1 aliphatic heterocycles. The van der Waals surface area contributed by atoms with Crippen LogP contribution in [0.2, 0.25) is 0 Å². The number of carbonyl (C=O) groups is 1. The van der Waals surface area contributed by atoms with E-state index in [-0.39, 0.29) is 12.1 Å². The summed E-state index contributed by atoms with van der Waals surface area (Å²) in [4.78, 5) is 15.0. The molecule has 0 radical (unpaired) electrons. The summed E-state index contributed by atoms with van der Waals surface area (Å²) in [5.41, 5.74) is 1.80. The van der Waals surface area contributed by atoms with E-state index in [0.717, 1.165) is 11.4 Å². The Balaban J connectivity index is 2.21. The monoisotopic (exact) mass is 178 g/mol. The van der Waals surface area contributed by atoms with Crippen molar-refractivity contribution in [2.24, 2.45) is 0 Å². The van der Waals surface area contributed by atoms with E-state index < -0.39 is 0 Å². The molecule has 1 amide bonds. The van der Waals surface area contributed by atoms with Gasteiger partial charge in [-0.25, -0.2) is 4.79 Å². The Morgan fingerprint density at radius 2 is 2.46 bits per heavy atom. The van der Waals surface area contributed by atoms with Crippen molar-refractivity contribution >= 4 is 6.09 Å². The van der Waals surface area contributed by atoms with Crippen molar-refractivity contribution in [1.29, 1.82) is 0 Å². The number of ether oxygens (including phenoxy) is 1. The van der Waals surface area contributed by atoms with Crippen LogP contribution >= 0.6 is 0 Å². The second-order valence-corrected chi connectivity index (χ2v) is 3.00. The summed E-state index contributed by atoms with van der Waals surface area (Å²) in [5, 5.41) is 2.67. The van der Waals surface area contributed by atoms with Gasteiger partial charge in [0.25, 0.3) is 0 Å². The first-order valence-electron chi connectivity index (χ1n) is 4.12. The Bertz CT molecular complexity index is 338. The molecule has 1 aromatic rings. The highest BCUT2D eigenvalue weighted by molar-refractivity contribution is 5.69. The van der Waals surface area contributed by atoms with E-state index >= 15 is 0 Å². The Labute approximate surface area is 75.9 Å². The summed E-state index contributed by atoms with van der Waals surface area (Å²) in [6.07, 6.45) is -0.367. The predicted octanol–water partition coefficient (Wildman–Crippen LogP) is 1.17. The first-order chi connectivity index (χ1) is 6.25. The lowest BCUT2D eigenvalue weighted by Gasteiger charge is -2.06. The third kappa shape index (κ3) is 1.61. The van der Waals surface area contributed by atoms with Crippen LogP contribution in [0, 0.1) is 6.92 Å². The Hall–Kier alpha value is -1.58. The van der Waals surface area contributed by atoms with Crippen LogP contribution in [0.25, 0.3) is 0 Å². The van der Waals surface area contributed by atoms with Crippen LogP contribution in [0.5, 0.6) is 0 Å². The number of amides is 1. The van der Waals surface area contributed by atoms with Gasteiger partial charge < -0.3 is 10.1 Å². The zero-order valence-corrected chi connectivity index (χ0v) is 7.28. The number of cyclic esters (lactones) is 1. The number of alkyl carbamates (subject to hydrolysis) is 1. The van der Waals surface area contributed by atoms with Gasteiger partial charge in [0.05, 0.1) is 5.69 Å². The Kier molecular flexibility index (Phi) is 1.88. The third-order valence-corrected chi connectivity index (χ3v) is 1.94. The van der Waals surface area contributed by atoms with E-state index in [1.54, 1.807) is 0 Å². The SMILES string of the molecule is Cc1cccc([C@@H]2COC(=O)N2)n1. The number of rotatable bonds is 1. The van der Waals surface area contributed by atoms with Crippen LogP contribution in [-0.2, 0) is 4.74 Å². The van der Waals surface area contributed by atoms with Gasteiger partial charge in [-0.15, -0.1) is 0 Å². The molecule has 0 aromatic carbocycles. The van der Waals surface area contributed by atoms with Crippen LogP contribution in [0.15, 0.2) is 18.2 Å². The van der Waals surface area contributed by atoms with Crippen molar-refractivity contribution in [1.82, 2.24) is 10.3 Å². The van der Waals surface area contributed by atoms with Crippen LogP contribution in [-0.4, -0.2) is 17.7 Å². The van der Waals surface area contributed by atoms with Crippen LogP contribution in [0.3, 0.4) is 0 Å². The molecule has 4 nitrogen and oxygen atoms in total. The summed E-state index contributed by atoms with van der Waals surface area (Å²) < 4.78 is 4.77. The number of hydrogen-bond acceptors (Lipinski definition) is 3. The quantitative estimate of drug-likeness (QED) is 0.702. The van der Waals surface area contributed by atoms with Gasteiger partial charge in [0, 0.05) is 5.69 Å². The maximum Gasteiger partial charge on any atom is 0.407 e. The average Bonchev–Trinajstić information content (AvgIpc) is 2.52. The zero-order valence-electron chi connectivity index (χ0n) is 7.28. The van der Waals surface area contributed by atoms with Crippen LogP contribution in [0.4, 0.5) is 4.79 Å². The van der Waals surface area contributed by atoms with E-state index in [4.69, 9.17) is 4.74 Å². The Morgan fingerprint density at radius 1 is 1.62 bits per heavy atom. The molecule has 1 saturated heterocycles. The molecule has 2 rings (SSSR count). The van der Waals surface area contributed by atoms with Gasteiger partial charge in [0.15, 0.2) is 0 Å². The first kappa shape index (κ1) is 8.04. The van der Waals surface area contributed by atoms with Crippen molar-refractivity contribution in [3.05, 3.63) is 29.6 Å². The largest absolute Gasteiger partial charge is 0.447 e. The van der Waals surface area contributed by atoms with Gasteiger partial charge in [0.2, 0.25) is 0 Å². The van der Waals surface area contributed by atoms with E-state index in [1.165, 1.54) is 0 Å². The highest BCUT2D eigenvalue weighted by Gasteiger charge is 2.24. The van der Waals surface area contributed by atoms with Gasteiger partial charge in [0.1, 0.15) is 12.6 Å². The number of aromatic nitrogens is 1. The molecule has 0 unspecified atom stereocenters. The molecule has 0 saturated carbocycles. The molecule has 13 heavy (non-hydrogen) atoms. The van der Waals surface area contributed by atoms with E-state index in [9.17, 15) is 4.79 Å². The highest BCUT2D eigenvalue weighted by atomic mass is 16.6. The van der Waals surface area contributed by atoms with Crippen molar-refractivity contribution in [3.63, 3.8) is 0 Å². The molecule has 1 atom stereocenters. The van der Waals surface area contributed by atoms with Gasteiger partial charge in [-0.1, -0.05) is 6.07 Å². The lowest BCUT2D eigenvalue weighted by Crippen LogP contribution is -2.19. The molecule has 1 N–H and O–H groups in total. The number of nitrogens with zero attached hydrogens (tertiary/aromatic N) is 1. The lowest BCUT2D eigenvalue weighted by molar-refractivity contribution is 0.177. The molecule has 0 bridgehead atoms. The van der Waals surface area contributed by atoms with Gasteiger partial charge in [-0.05, 0) is 19.1 Å². The van der Waals surface area contributed by atoms with Gasteiger partial charge in [-0.2, -0.15) is 0 Å². The topological polar surface area (TPSA) is 51.2 Å². The number of nitrogens with one attached hydrogen (secondary N) is 1. The van der Waals surface area contributed by atoms with E-state index in [2.05, 4.69) is 10.3 Å². The maximum atomic E-state index is 10.8. The normalized spacial score (nSPS) is 21.0. The van der Waals surface area contributed by atoms with Crippen molar-refractivity contribution in [3.8, 4) is 0 Å². The molecule has 2 heterocycles. The van der Waals surface area contributed by atoms with Crippen molar-refractivity contribution in [2.45, 2.75) is 13.0 Å². The Morgan fingerprint density at radius 3 is 3.08 bits per heavy atom. The number of carbonyl (C=O) groups excluding carboxylic acids is 1. The molecular formula is C9H10N2O2. The summed E-state index contributed by atoms with van der Waals surface area (Å²) in [7, 11) is 0. The molecular weight excluding hydrogens is 168 g/mol. The fraction of sp³-hybridized carbons (Fsp3) is 0.333. The predicted molar refractivity (Wildman–Crippen MR) is 46.2 cm³/mol. The van der Waals surface area contributed by atoms with Gasteiger partial charge >= 0.3 is 6.09 Å². The fourth-order valence-corrected chi connectivity index (χ4v) is 1.30. The maximum absolute atomic E-state index is 10.8. The minimum absolute atomic E-state index is 0.0904. The summed E-state index contributed by atoms with van der Waals surface area (Å²) in [5.74, 6) is 0. The van der Waals surface area contributed by atoms with E-state index in [1.807, 2.05) is 25.1 Å². The first-order valence-corrected chi connectivity index (χ1v) is 4.12. The molecule has 68 valence electrons. The summed E-state index contributed by atoms with van der Waals surface area (Å²) >= 11 is 0. The molecule has 1 fully saturated rings. The zero-order chi connectivity index (χ0) is 9.26. The fourth-order valence-electron chi connectivity index (χ4n) is 1.30. The van der Waals surface area contributed by atoms with Crippen molar-refractivity contribution < 1.29 is 9.53 Å². The average molecular weight is 178 g/mol. The van der Waals surface area contributed by atoms with Crippen molar-refractivity contribution in [2.75, 3.05) is 6.61 Å². The van der Waals surface area contributed by atoms with Crippen LogP contribution in [0.1, 0.15) is 17.4 Å². The van der Waals surface area contributed by atoms with Crippen LogP contribution < -0.4 is 5.32 Å². The number of aryl methyl sites for hydroxylation is 1. The smallest absolute Gasteiger partial charge is 0.407 e. The highest BCUT2D eigenvalue weighted by Crippen LogP contribution is 2.15. The second kappa shape index (κ2) is 3.05. The molecule has 1 aliphatic rings. The van der Waals surface area contributed by atoms with Gasteiger partial charge in [-0.3, -0.25) is 4.98 Å². The molecule has 4 heteroatoms. The summed E-state index contributed by atoms with van der Waals surface area (Å²) in [6, 6.07) is 5.63. The summed E-state index contributed by atoms with van der Waals surface area (Å²) in [6.45, 7) is 2.29. The standard InChI is InChI=1S/C9H10N2O2/c1-6-3-2-4-7(10-6)8-5-13-9(12)11-8/h2-4,8H,5H2,1H3,(H,11,12)/t8-/m0/s1. The molecule has 0 spiro atoms. The minimum atomic E-state index is -0.367. The molecule has 0 aliphatic carbocycles. The second-order valence-electron chi connectivity index (χ2n) is 3.00. The number of hydrogen-bond donors (Lipinski definition) is 1. The molecule has 1 aromatic heterocycles.